The molecule has 0 N–H and O–H groups in total. The quantitative estimate of drug-likeness (QED) is 0.714. The van der Waals surface area contributed by atoms with Crippen molar-refractivity contribution in [1.29, 1.82) is 0 Å². The Hall–Kier alpha value is -1.38. The molecule has 0 aromatic heterocycles. The van der Waals surface area contributed by atoms with Gasteiger partial charge in [-0.1, -0.05) is 67.4 Å². The second-order valence-electron chi connectivity index (χ2n) is 5.37. The Kier molecular flexibility index (Phi) is 6.71. The predicted molar refractivity (Wildman–Crippen MR) is 90.5 cm³/mol. The average Bonchev–Trinajstić information content (AvgIpc) is 3.10. The normalized spacial score (nSPS) is 14.6. The van der Waals surface area contributed by atoms with Crippen LogP contribution in [0, 0.1) is 0 Å². The summed E-state index contributed by atoms with van der Waals surface area (Å²) in [5.74, 6) is 0.784. The van der Waals surface area contributed by atoms with E-state index in [1.54, 1.807) is 5.56 Å². The molecule has 0 bridgehead atoms. The van der Waals surface area contributed by atoms with E-state index in [2.05, 4.69) is 69.5 Å². The minimum Gasteiger partial charge on any atom is -0.419 e. The smallest absolute Gasteiger partial charge is 0.246 e. The summed E-state index contributed by atoms with van der Waals surface area (Å²) in [5.41, 5.74) is 4.34. The molecule has 109 valence electrons. The van der Waals surface area contributed by atoms with Crippen LogP contribution in [-0.2, 0) is 4.43 Å². The van der Waals surface area contributed by atoms with Crippen molar-refractivity contribution in [2.24, 2.45) is 0 Å². The molecule has 0 aliphatic heterocycles. The van der Waals surface area contributed by atoms with Crippen molar-refractivity contribution < 1.29 is 4.43 Å². The van der Waals surface area contributed by atoms with Gasteiger partial charge in [0.2, 0.25) is 10.5 Å². The Balaban J connectivity index is 0.000000361. The van der Waals surface area contributed by atoms with Crippen LogP contribution in [0.15, 0.2) is 54.6 Å². The Morgan fingerprint density at radius 3 is 2.14 bits per heavy atom. The maximum atomic E-state index is 4.35. The van der Waals surface area contributed by atoms with Crippen LogP contribution in [0.2, 0.25) is 0 Å². The summed E-state index contributed by atoms with van der Waals surface area (Å²) in [5, 5.41) is 0. The highest BCUT2D eigenvalue weighted by atomic mass is 28.2. The average molecular weight is 295 g/mol. The van der Waals surface area contributed by atoms with E-state index < -0.39 is 0 Å². The third-order valence-electron chi connectivity index (χ3n) is 3.98. The topological polar surface area (TPSA) is 9.23 Å². The minimum atomic E-state index is 0.733. The summed E-state index contributed by atoms with van der Waals surface area (Å²) in [6.45, 7) is 2.64. The zero-order chi connectivity index (χ0) is 14.9. The second kappa shape index (κ2) is 8.80. The fourth-order valence-electron chi connectivity index (χ4n) is 2.97. The van der Waals surface area contributed by atoms with Gasteiger partial charge >= 0.3 is 0 Å². The lowest BCUT2D eigenvalue weighted by atomic mass is 9.89. The summed E-state index contributed by atoms with van der Waals surface area (Å²) in [6, 6.07) is 19.7. The van der Waals surface area contributed by atoms with Crippen molar-refractivity contribution in [2.45, 2.75) is 38.5 Å². The summed E-state index contributed by atoms with van der Waals surface area (Å²) >= 11 is 0. The number of hydrogen-bond acceptors (Lipinski definition) is 1. The van der Waals surface area contributed by atoms with E-state index in [1.165, 1.54) is 36.8 Å². The van der Waals surface area contributed by atoms with Gasteiger partial charge in [0.1, 0.15) is 0 Å². The fourth-order valence-corrected chi connectivity index (χ4v) is 2.97. The number of hydrogen-bond donors (Lipinski definition) is 0. The van der Waals surface area contributed by atoms with Gasteiger partial charge in [-0.25, -0.2) is 0 Å². The molecule has 3 rings (SSSR count). The van der Waals surface area contributed by atoms with Gasteiger partial charge in [-0.15, -0.1) is 0 Å². The van der Waals surface area contributed by atoms with E-state index in [9.17, 15) is 0 Å². The Morgan fingerprint density at radius 1 is 0.952 bits per heavy atom. The predicted octanol–water partition coefficient (Wildman–Crippen LogP) is 5.12. The van der Waals surface area contributed by atoms with Crippen LogP contribution in [0.3, 0.4) is 0 Å². The van der Waals surface area contributed by atoms with Crippen molar-refractivity contribution in [3.8, 4) is 11.1 Å². The molecule has 21 heavy (non-hydrogen) atoms. The van der Waals surface area contributed by atoms with Gasteiger partial charge < -0.3 is 4.43 Å². The van der Waals surface area contributed by atoms with Gasteiger partial charge in [-0.3, -0.25) is 0 Å². The molecule has 2 aromatic carbocycles. The lowest BCUT2D eigenvalue weighted by molar-refractivity contribution is 0.375. The van der Waals surface area contributed by atoms with E-state index in [0.29, 0.717) is 0 Å². The summed E-state index contributed by atoms with van der Waals surface area (Å²) in [4.78, 5) is 0. The Labute approximate surface area is 131 Å². The molecule has 0 amide bonds. The first-order chi connectivity index (χ1) is 10.4. The highest BCUT2D eigenvalue weighted by Crippen LogP contribution is 2.38. The minimum absolute atomic E-state index is 0.733. The van der Waals surface area contributed by atoms with Crippen LogP contribution in [0.4, 0.5) is 0 Å². The van der Waals surface area contributed by atoms with Crippen molar-refractivity contribution in [1.82, 2.24) is 0 Å². The standard InChI is InChI=1S/C17H18.C2H5OSi/c1-2-8-14(9-3-1)16-12-6-7-13-17(16)15-10-4-5-11-15;1-2-3-4/h1-3,6-9,12-13,15H,4-5,10-11H2;2H2,1H3. The van der Waals surface area contributed by atoms with E-state index in [4.69, 9.17) is 0 Å². The maximum Gasteiger partial charge on any atom is 0.246 e. The molecule has 0 heterocycles. The summed E-state index contributed by atoms with van der Waals surface area (Å²) in [7, 11) is 2.79. The third-order valence-corrected chi connectivity index (χ3v) is 4.27. The maximum absolute atomic E-state index is 4.35. The number of benzene rings is 2. The molecule has 2 aromatic rings. The summed E-state index contributed by atoms with van der Waals surface area (Å²) in [6.07, 6.45) is 5.52. The largest absolute Gasteiger partial charge is 0.419 e. The van der Waals surface area contributed by atoms with Gasteiger partial charge in [0.05, 0.1) is 0 Å². The molecular formula is C19H23OSi. The third kappa shape index (κ3) is 4.55. The molecular weight excluding hydrogens is 272 g/mol. The monoisotopic (exact) mass is 295 g/mol. The van der Waals surface area contributed by atoms with Gasteiger partial charge in [0, 0.05) is 6.61 Å². The van der Waals surface area contributed by atoms with Gasteiger partial charge in [-0.05, 0) is 42.4 Å². The van der Waals surface area contributed by atoms with Crippen molar-refractivity contribution in [3.05, 3.63) is 60.2 Å². The van der Waals surface area contributed by atoms with Crippen LogP contribution in [0.1, 0.15) is 44.1 Å². The van der Waals surface area contributed by atoms with Crippen LogP contribution in [0.5, 0.6) is 0 Å². The summed E-state index contributed by atoms with van der Waals surface area (Å²) < 4.78 is 4.35. The molecule has 1 saturated carbocycles. The Morgan fingerprint density at radius 2 is 1.52 bits per heavy atom. The lowest BCUT2D eigenvalue weighted by Crippen LogP contribution is -1.95. The molecule has 0 spiro atoms. The number of rotatable bonds is 3. The van der Waals surface area contributed by atoms with Crippen LogP contribution < -0.4 is 0 Å². The first-order valence-corrected chi connectivity index (χ1v) is 8.20. The second-order valence-corrected chi connectivity index (χ2v) is 5.66. The molecule has 0 atom stereocenters. The molecule has 1 aliphatic carbocycles. The molecule has 0 unspecified atom stereocenters. The molecule has 0 saturated heterocycles. The zero-order valence-corrected chi connectivity index (χ0v) is 13.7. The molecule has 1 fully saturated rings. The van der Waals surface area contributed by atoms with E-state index in [0.717, 1.165) is 12.5 Å². The molecule has 1 aliphatic rings. The van der Waals surface area contributed by atoms with Gasteiger partial charge in [-0.2, -0.15) is 0 Å². The van der Waals surface area contributed by atoms with Crippen LogP contribution in [0.25, 0.3) is 11.1 Å². The van der Waals surface area contributed by atoms with Crippen LogP contribution >= 0.6 is 0 Å². The first kappa shape index (κ1) is 16.0. The van der Waals surface area contributed by atoms with E-state index in [-0.39, 0.29) is 0 Å². The van der Waals surface area contributed by atoms with Gasteiger partial charge in [0.25, 0.3) is 0 Å². The fraction of sp³-hybridized carbons (Fsp3) is 0.368. The van der Waals surface area contributed by atoms with Crippen LogP contribution in [-0.4, -0.2) is 17.1 Å². The molecule has 1 nitrogen and oxygen atoms in total. The molecule has 2 heteroatoms. The van der Waals surface area contributed by atoms with Crippen molar-refractivity contribution in [3.63, 3.8) is 0 Å². The highest BCUT2D eigenvalue weighted by Gasteiger charge is 2.19. The van der Waals surface area contributed by atoms with E-state index in [1.807, 2.05) is 6.92 Å². The first-order valence-electron chi connectivity index (χ1n) is 7.79. The van der Waals surface area contributed by atoms with Crippen molar-refractivity contribution >= 4 is 10.5 Å². The lowest BCUT2D eigenvalue weighted by Gasteiger charge is -2.15. The Bertz CT molecular complexity index is 516. The zero-order valence-electron chi connectivity index (χ0n) is 12.7. The SMILES string of the molecule is CCO[Si].c1ccc(-c2ccccc2C2CCCC2)cc1. The van der Waals surface area contributed by atoms with Crippen molar-refractivity contribution in [2.75, 3.05) is 6.61 Å². The highest BCUT2D eigenvalue weighted by molar-refractivity contribution is 5.97. The van der Waals surface area contributed by atoms with E-state index >= 15 is 0 Å². The molecule has 3 radical (unpaired) electrons. The van der Waals surface area contributed by atoms with Gasteiger partial charge in [0.15, 0.2) is 0 Å².